The number of amides is 1. The summed E-state index contributed by atoms with van der Waals surface area (Å²) in [6.07, 6.45) is 3.98. The molecule has 2 aromatic carbocycles. The molecule has 32 heavy (non-hydrogen) atoms. The van der Waals surface area contributed by atoms with Crippen LogP contribution in [0.1, 0.15) is 12.0 Å². The normalized spacial score (nSPS) is 17.2. The van der Waals surface area contributed by atoms with Crippen LogP contribution in [-0.4, -0.2) is 28.4 Å². The standard InChI is InChI=1S/C21H19Cl3N4O3S/c22-18-4-2-1-3-13(18)7-20(29)27-16-5-6-17(19(8-16)32(25,30)31)14-10-26-28(11-14)12-15-9-21(15,23)24/h1-6,8,10-11,15H,7,9,12H2,(H,27,29)(H2,25,30,31). The lowest BCUT2D eigenvalue weighted by Crippen LogP contribution is -2.17. The molecular formula is C21H19Cl3N4O3S. The maximum Gasteiger partial charge on any atom is 0.238 e. The third-order valence-corrected chi connectivity index (χ3v) is 7.43. The Morgan fingerprint density at radius 3 is 2.62 bits per heavy atom. The second kappa shape index (κ2) is 8.68. The molecule has 0 radical (unpaired) electrons. The molecule has 1 aliphatic rings. The molecule has 3 N–H and O–H groups in total. The van der Waals surface area contributed by atoms with Gasteiger partial charge < -0.3 is 5.32 Å². The van der Waals surface area contributed by atoms with Gasteiger partial charge in [0, 0.05) is 40.5 Å². The molecule has 1 atom stereocenters. The van der Waals surface area contributed by atoms with Crippen molar-refractivity contribution in [3.05, 3.63) is 65.4 Å². The van der Waals surface area contributed by atoms with Gasteiger partial charge >= 0.3 is 0 Å². The van der Waals surface area contributed by atoms with Crippen molar-refractivity contribution >= 4 is 56.4 Å². The van der Waals surface area contributed by atoms with Gasteiger partial charge in [-0.25, -0.2) is 13.6 Å². The van der Waals surface area contributed by atoms with E-state index in [1.165, 1.54) is 6.07 Å². The number of halogens is 3. The van der Waals surface area contributed by atoms with Gasteiger partial charge in [-0.2, -0.15) is 5.10 Å². The van der Waals surface area contributed by atoms with Gasteiger partial charge in [-0.05, 0) is 30.2 Å². The van der Waals surface area contributed by atoms with Crippen LogP contribution >= 0.6 is 34.8 Å². The van der Waals surface area contributed by atoms with E-state index < -0.39 is 14.4 Å². The minimum absolute atomic E-state index is 0.0443. The number of benzene rings is 2. The molecule has 1 heterocycles. The van der Waals surface area contributed by atoms with Gasteiger partial charge in [0.15, 0.2) is 0 Å². The molecule has 1 aromatic heterocycles. The number of hydrogen-bond donors (Lipinski definition) is 2. The van der Waals surface area contributed by atoms with E-state index in [9.17, 15) is 13.2 Å². The van der Waals surface area contributed by atoms with Crippen molar-refractivity contribution in [1.29, 1.82) is 0 Å². The van der Waals surface area contributed by atoms with Crippen molar-refractivity contribution in [2.75, 3.05) is 5.32 Å². The number of carbonyl (C=O) groups is 1. The highest BCUT2D eigenvalue weighted by molar-refractivity contribution is 7.89. The molecule has 11 heteroatoms. The van der Waals surface area contributed by atoms with Crippen molar-refractivity contribution < 1.29 is 13.2 Å². The highest BCUT2D eigenvalue weighted by atomic mass is 35.5. The van der Waals surface area contributed by atoms with E-state index in [0.29, 0.717) is 40.4 Å². The van der Waals surface area contributed by atoms with Gasteiger partial charge in [-0.15, -0.1) is 23.2 Å². The van der Waals surface area contributed by atoms with Crippen LogP contribution in [0.15, 0.2) is 59.8 Å². The molecule has 168 valence electrons. The van der Waals surface area contributed by atoms with Gasteiger partial charge in [0.05, 0.1) is 17.5 Å². The summed E-state index contributed by atoms with van der Waals surface area (Å²) < 4.78 is 25.5. The zero-order chi connectivity index (χ0) is 23.1. The summed E-state index contributed by atoms with van der Waals surface area (Å²) in [7, 11) is -4.08. The lowest BCUT2D eigenvalue weighted by molar-refractivity contribution is -0.115. The van der Waals surface area contributed by atoms with Gasteiger partial charge in [0.2, 0.25) is 15.9 Å². The van der Waals surface area contributed by atoms with Crippen LogP contribution in [0.2, 0.25) is 5.02 Å². The second-order valence-corrected chi connectivity index (χ2v) is 11.2. The van der Waals surface area contributed by atoms with Gasteiger partial charge in [0.25, 0.3) is 0 Å². The summed E-state index contributed by atoms with van der Waals surface area (Å²) >= 11 is 18.2. The Labute approximate surface area is 200 Å². The Kier molecular flexibility index (Phi) is 6.26. The Balaban J connectivity index is 1.55. The van der Waals surface area contributed by atoms with Crippen molar-refractivity contribution in [2.45, 2.75) is 28.6 Å². The summed E-state index contributed by atoms with van der Waals surface area (Å²) in [4.78, 5) is 12.3. The van der Waals surface area contributed by atoms with E-state index >= 15 is 0 Å². The number of nitrogens with two attached hydrogens (primary N) is 1. The molecule has 3 aromatic rings. The maximum atomic E-state index is 12.4. The minimum Gasteiger partial charge on any atom is -0.326 e. The Bertz CT molecular complexity index is 1290. The predicted octanol–water partition coefficient (Wildman–Crippen LogP) is 4.23. The van der Waals surface area contributed by atoms with Crippen LogP contribution in [0.4, 0.5) is 5.69 Å². The Hall–Kier alpha value is -2.10. The number of primary sulfonamides is 1. The molecule has 0 bridgehead atoms. The van der Waals surface area contributed by atoms with Crippen LogP contribution in [0.5, 0.6) is 0 Å². The van der Waals surface area contributed by atoms with Crippen LogP contribution in [0, 0.1) is 5.92 Å². The first-order chi connectivity index (χ1) is 15.0. The van der Waals surface area contributed by atoms with Crippen LogP contribution in [-0.2, 0) is 27.8 Å². The fourth-order valence-corrected chi connectivity index (χ4v) is 4.89. The molecule has 1 unspecified atom stereocenters. The van der Waals surface area contributed by atoms with Crippen molar-refractivity contribution in [3.8, 4) is 11.1 Å². The zero-order valence-electron chi connectivity index (χ0n) is 16.6. The van der Waals surface area contributed by atoms with Crippen LogP contribution in [0.3, 0.4) is 0 Å². The third kappa shape index (κ3) is 5.27. The molecule has 1 amide bonds. The van der Waals surface area contributed by atoms with E-state index in [1.807, 2.05) is 0 Å². The lowest BCUT2D eigenvalue weighted by Gasteiger charge is -2.11. The van der Waals surface area contributed by atoms with Crippen LogP contribution < -0.4 is 10.5 Å². The summed E-state index contributed by atoms with van der Waals surface area (Å²) in [5.41, 5.74) is 1.91. The van der Waals surface area contributed by atoms with E-state index in [-0.39, 0.29) is 23.1 Å². The highest BCUT2D eigenvalue weighted by Crippen LogP contribution is 2.53. The smallest absolute Gasteiger partial charge is 0.238 e. The number of sulfonamides is 1. The average Bonchev–Trinajstić information content (AvgIpc) is 3.08. The molecule has 4 rings (SSSR count). The number of hydrogen-bond acceptors (Lipinski definition) is 4. The molecule has 1 aliphatic carbocycles. The molecule has 0 saturated heterocycles. The molecule has 1 saturated carbocycles. The number of carbonyl (C=O) groups excluding carboxylic acids is 1. The number of aromatic nitrogens is 2. The fraction of sp³-hybridized carbons (Fsp3) is 0.238. The van der Waals surface area contributed by atoms with E-state index in [1.54, 1.807) is 53.5 Å². The quantitative estimate of drug-likeness (QED) is 0.461. The predicted molar refractivity (Wildman–Crippen MR) is 125 cm³/mol. The van der Waals surface area contributed by atoms with Gasteiger partial charge in [-0.3, -0.25) is 9.48 Å². The lowest BCUT2D eigenvalue weighted by atomic mass is 10.1. The number of nitrogens with zero attached hydrogens (tertiary/aromatic N) is 2. The maximum absolute atomic E-state index is 12.4. The molecular weight excluding hydrogens is 495 g/mol. The van der Waals surface area contributed by atoms with Gasteiger partial charge in [0.1, 0.15) is 4.33 Å². The molecule has 7 nitrogen and oxygen atoms in total. The largest absolute Gasteiger partial charge is 0.326 e. The number of alkyl halides is 2. The Morgan fingerprint density at radius 1 is 1.25 bits per heavy atom. The summed E-state index contributed by atoms with van der Waals surface area (Å²) in [5, 5.41) is 12.9. The fourth-order valence-electron chi connectivity index (χ4n) is 3.39. The van der Waals surface area contributed by atoms with E-state index in [0.717, 1.165) is 0 Å². The number of nitrogens with one attached hydrogen (secondary N) is 1. The molecule has 0 aliphatic heterocycles. The van der Waals surface area contributed by atoms with E-state index in [4.69, 9.17) is 39.9 Å². The summed E-state index contributed by atoms with van der Waals surface area (Å²) in [5.74, 6) is -0.249. The number of anilines is 1. The minimum atomic E-state index is -4.08. The highest BCUT2D eigenvalue weighted by Gasteiger charge is 2.51. The first-order valence-corrected chi connectivity index (χ1v) is 12.3. The third-order valence-electron chi connectivity index (χ3n) is 5.19. The molecule has 1 fully saturated rings. The van der Waals surface area contributed by atoms with Gasteiger partial charge in [-0.1, -0.05) is 35.9 Å². The first-order valence-electron chi connectivity index (χ1n) is 9.64. The number of rotatable bonds is 7. The topological polar surface area (TPSA) is 107 Å². The average molecular weight is 514 g/mol. The van der Waals surface area contributed by atoms with Crippen LogP contribution in [0.25, 0.3) is 11.1 Å². The summed E-state index contributed by atoms with van der Waals surface area (Å²) in [6.45, 7) is 0.522. The van der Waals surface area contributed by atoms with Crippen molar-refractivity contribution in [3.63, 3.8) is 0 Å². The van der Waals surface area contributed by atoms with E-state index in [2.05, 4.69) is 10.4 Å². The first kappa shape index (κ1) is 23.1. The zero-order valence-corrected chi connectivity index (χ0v) is 19.7. The van der Waals surface area contributed by atoms with Crippen molar-refractivity contribution in [2.24, 2.45) is 11.1 Å². The monoisotopic (exact) mass is 512 g/mol. The van der Waals surface area contributed by atoms with Crippen molar-refractivity contribution in [1.82, 2.24) is 9.78 Å². The second-order valence-electron chi connectivity index (χ2n) is 7.69. The summed E-state index contributed by atoms with van der Waals surface area (Å²) in [6, 6.07) is 11.5. The molecule has 0 spiro atoms. The SMILES string of the molecule is NS(=O)(=O)c1cc(NC(=O)Cc2ccccc2Cl)ccc1-c1cnn(CC2CC2(Cl)Cl)c1. The Morgan fingerprint density at radius 2 is 1.97 bits per heavy atom.